The van der Waals surface area contributed by atoms with E-state index in [9.17, 15) is 9.59 Å². The number of hydrogen-bond donors (Lipinski definition) is 0. The first-order chi connectivity index (χ1) is 19.3. The lowest BCUT2D eigenvalue weighted by atomic mass is 9.42. The third kappa shape index (κ3) is 3.52. The highest BCUT2D eigenvalue weighted by molar-refractivity contribution is 6.19. The molecule has 2 bridgehead atoms. The van der Waals surface area contributed by atoms with E-state index in [4.69, 9.17) is 9.47 Å². The number of fused-ring (bicyclic) bond motifs is 1. The van der Waals surface area contributed by atoms with Crippen LogP contribution in [0, 0.1) is 11.3 Å². The zero-order valence-corrected chi connectivity index (χ0v) is 23.8. The number of rotatable bonds is 6. The fourth-order valence-electron chi connectivity index (χ4n) is 8.15. The molecule has 1 heterocycles. The smallest absolute Gasteiger partial charge is 0.314 e. The Morgan fingerprint density at radius 3 is 2.38 bits per heavy atom. The number of nitrogens with zero attached hydrogens (tertiary/aromatic N) is 1. The summed E-state index contributed by atoms with van der Waals surface area (Å²) in [5.41, 5.74) is 4.78. The van der Waals surface area contributed by atoms with Gasteiger partial charge in [-0.2, -0.15) is 0 Å². The van der Waals surface area contributed by atoms with Crippen LogP contribution < -0.4 is 4.74 Å². The standard InChI is InChI=1S/C35H37NO4/c1-22(2)24-14-16-25(17-15-24)34-19-18-29(27-11-6-8-12-28(27)34)35(33(38)40-5)21-36(20-31(34)35)32(37)23(3)26-10-7-9-13-30(26)39-4/h6-17,22,29,31H,3,18-21H2,1-2,4-5H3. The molecule has 1 aliphatic heterocycles. The molecule has 7 rings (SSSR count). The second-order valence-electron chi connectivity index (χ2n) is 11.9. The summed E-state index contributed by atoms with van der Waals surface area (Å²) in [6, 6.07) is 25.0. The number of likely N-dealkylation sites (tertiary alicyclic amines) is 1. The minimum absolute atomic E-state index is 0.0183. The molecule has 1 amide bonds. The monoisotopic (exact) mass is 535 g/mol. The number of methoxy groups -OCH3 is 2. The Labute approximate surface area is 236 Å². The van der Waals surface area contributed by atoms with Gasteiger partial charge >= 0.3 is 5.97 Å². The first kappa shape index (κ1) is 26.4. The molecule has 0 radical (unpaired) electrons. The Balaban J connectivity index is 1.50. The van der Waals surface area contributed by atoms with E-state index in [1.165, 1.54) is 29.4 Å². The van der Waals surface area contributed by atoms with Crippen molar-refractivity contribution in [3.63, 3.8) is 0 Å². The Bertz CT molecular complexity index is 1490. The highest BCUT2D eigenvalue weighted by Gasteiger charge is 2.71. The average Bonchev–Trinajstić information content (AvgIpc) is 3.44. The highest BCUT2D eigenvalue weighted by atomic mass is 16.5. The van der Waals surface area contributed by atoms with E-state index in [-0.39, 0.29) is 23.7 Å². The van der Waals surface area contributed by atoms with Gasteiger partial charge in [-0.3, -0.25) is 9.59 Å². The predicted molar refractivity (Wildman–Crippen MR) is 156 cm³/mol. The molecular formula is C35H37NO4. The van der Waals surface area contributed by atoms with Crippen LogP contribution in [0.5, 0.6) is 5.75 Å². The van der Waals surface area contributed by atoms with Crippen molar-refractivity contribution >= 4 is 17.4 Å². The quantitative estimate of drug-likeness (QED) is 0.274. The molecule has 5 heteroatoms. The van der Waals surface area contributed by atoms with Crippen LogP contribution >= 0.6 is 0 Å². The molecule has 2 fully saturated rings. The zero-order valence-electron chi connectivity index (χ0n) is 23.8. The largest absolute Gasteiger partial charge is 0.496 e. The summed E-state index contributed by atoms with van der Waals surface area (Å²) < 4.78 is 11.1. The van der Waals surface area contributed by atoms with Crippen molar-refractivity contribution < 1.29 is 19.1 Å². The van der Waals surface area contributed by atoms with Gasteiger partial charge < -0.3 is 14.4 Å². The molecule has 3 aromatic carbocycles. The maximum atomic E-state index is 14.1. The van der Waals surface area contributed by atoms with E-state index in [0.29, 0.717) is 35.9 Å². The molecule has 3 aliphatic carbocycles. The van der Waals surface area contributed by atoms with Gasteiger partial charge in [0.2, 0.25) is 0 Å². The summed E-state index contributed by atoms with van der Waals surface area (Å²) >= 11 is 0. The fourth-order valence-corrected chi connectivity index (χ4v) is 8.15. The lowest BCUT2D eigenvalue weighted by Gasteiger charge is -2.59. The van der Waals surface area contributed by atoms with Crippen molar-refractivity contribution in [2.24, 2.45) is 11.3 Å². The summed E-state index contributed by atoms with van der Waals surface area (Å²) in [5.74, 6) is 0.495. The van der Waals surface area contributed by atoms with Crippen molar-refractivity contribution in [2.45, 2.75) is 43.9 Å². The lowest BCUT2D eigenvalue weighted by molar-refractivity contribution is -0.161. The van der Waals surface area contributed by atoms with Gasteiger partial charge in [0.15, 0.2) is 0 Å². The minimum atomic E-state index is -0.839. The number of carbonyl (C=O) groups excluding carboxylic acids is 2. The van der Waals surface area contributed by atoms with Crippen LogP contribution in [-0.2, 0) is 19.7 Å². The number of esters is 1. The average molecular weight is 536 g/mol. The van der Waals surface area contributed by atoms with Crippen molar-refractivity contribution in [3.8, 4) is 5.75 Å². The molecule has 206 valence electrons. The number of amides is 1. The van der Waals surface area contributed by atoms with Crippen LogP contribution in [0.25, 0.3) is 5.57 Å². The van der Waals surface area contributed by atoms with Gasteiger partial charge in [0.25, 0.3) is 5.91 Å². The molecular weight excluding hydrogens is 498 g/mol. The van der Waals surface area contributed by atoms with E-state index < -0.39 is 10.8 Å². The third-order valence-electron chi connectivity index (χ3n) is 9.97. The highest BCUT2D eigenvalue weighted by Crippen LogP contribution is 2.69. The summed E-state index contributed by atoms with van der Waals surface area (Å²) in [7, 11) is 3.07. The van der Waals surface area contributed by atoms with Crippen LogP contribution in [0.15, 0.2) is 79.4 Å². The number of benzene rings is 3. The molecule has 0 aromatic heterocycles. The summed E-state index contributed by atoms with van der Waals surface area (Å²) in [5, 5.41) is 0. The maximum absolute atomic E-state index is 14.1. The van der Waals surface area contributed by atoms with E-state index in [1.807, 2.05) is 29.2 Å². The van der Waals surface area contributed by atoms with Gasteiger partial charge in [0, 0.05) is 41.5 Å². The molecule has 0 spiro atoms. The molecule has 1 saturated heterocycles. The van der Waals surface area contributed by atoms with Crippen LogP contribution in [0.1, 0.15) is 66.3 Å². The van der Waals surface area contributed by atoms with Crippen molar-refractivity contribution in [1.29, 1.82) is 0 Å². The molecule has 40 heavy (non-hydrogen) atoms. The van der Waals surface area contributed by atoms with E-state index in [0.717, 1.165) is 12.8 Å². The predicted octanol–water partition coefficient (Wildman–Crippen LogP) is 6.33. The molecule has 4 aliphatic rings. The summed E-state index contributed by atoms with van der Waals surface area (Å²) in [6.07, 6.45) is 1.79. The zero-order chi connectivity index (χ0) is 28.2. The molecule has 5 nitrogen and oxygen atoms in total. The van der Waals surface area contributed by atoms with Gasteiger partial charge in [-0.1, -0.05) is 87.2 Å². The minimum Gasteiger partial charge on any atom is -0.496 e. The Morgan fingerprint density at radius 2 is 1.68 bits per heavy atom. The SMILES string of the molecule is C=C(C(=O)N1CC2C3(c4ccc(C(C)C)cc4)CCC(c4ccccc43)C2(C(=O)OC)C1)c1ccccc1OC. The van der Waals surface area contributed by atoms with Crippen LogP contribution in [0.2, 0.25) is 0 Å². The Kier molecular flexibility index (Phi) is 6.36. The van der Waals surface area contributed by atoms with Crippen molar-refractivity contribution in [2.75, 3.05) is 27.3 Å². The van der Waals surface area contributed by atoms with Crippen molar-refractivity contribution in [3.05, 3.63) is 107 Å². The summed E-state index contributed by atoms with van der Waals surface area (Å²) in [4.78, 5) is 29.9. The molecule has 4 atom stereocenters. The van der Waals surface area contributed by atoms with Gasteiger partial charge in [-0.15, -0.1) is 0 Å². The molecule has 4 unspecified atom stereocenters. The number of para-hydroxylation sites is 1. The first-order valence-electron chi connectivity index (χ1n) is 14.2. The topological polar surface area (TPSA) is 55.8 Å². The summed E-state index contributed by atoms with van der Waals surface area (Å²) in [6.45, 7) is 9.36. The van der Waals surface area contributed by atoms with Gasteiger partial charge in [0.05, 0.1) is 19.6 Å². The van der Waals surface area contributed by atoms with E-state index in [1.54, 1.807) is 7.11 Å². The van der Waals surface area contributed by atoms with E-state index >= 15 is 0 Å². The maximum Gasteiger partial charge on any atom is 0.314 e. The van der Waals surface area contributed by atoms with E-state index in [2.05, 4.69) is 69.0 Å². The van der Waals surface area contributed by atoms with Gasteiger partial charge in [-0.25, -0.2) is 0 Å². The van der Waals surface area contributed by atoms with Crippen LogP contribution in [0.3, 0.4) is 0 Å². The normalized spacial score (nSPS) is 26.3. The number of carbonyl (C=O) groups is 2. The molecule has 1 saturated carbocycles. The molecule has 3 aromatic rings. The number of hydrogen-bond acceptors (Lipinski definition) is 4. The Hall–Kier alpha value is -3.86. The first-order valence-corrected chi connectivity index (χ1v) is 14.2. The van der Waals surface area contributed by atoms with Crippen LogP contribution in [0.4, 0.5) is 0 Å². The van der Waals surface area contributed by atoms with Gasteiger partial charge in [-0.05, 0) is 47.1 Å². The Morgan fingerprint density at radius 1 is 0.975 bits per heavy atom. The lowest BCUT2D eigenvalue weighted by Crippen LogP contribution is -2.60. The molecule has 0 N–H and O–H groups in total. The van der Waals surface area contributed by atoms with Crippen LogP contribution in [-0.4, -0.2) is 44.1 Å². The second kappa shape index (κ2) is 9.65. The number of ether oxygens (including phenoxy) is 2. The second-order valence-corrected chi connectivity index (χ2v) is 11.9. The van der Waals surface area contributed by atoms with Gasteiger partial charge in [0.1, 0.15) is 5.75 Å². The fraction of sp³-hybridized carbons (Fsp3) is 0.371. The third-order valence-corrected chi connectivity index (χ3v) is 9.97. The van der Waals surface area contributed by atoms with Crippen molar-refractivity contribution in [1.82, 2.24) is 4.90 Å².